The summed E-state index contributed by atoms with van der Waals surface area (Å²) in [6.07, 6.45) is 1.51. The number of piperidine rings is 1. The van der Waals surface area contributed by atoms with Crippen molar-refractivity contribution in [3.05, 3.63) is 58.6 Å². The Morgan fingerprint density at radius 3 is 2.29 bits per heavy atom. The zero-order valence-corrected chi connectivity index (χ0v) is 18.0. The second-order valence-corrected chi connectivity index (χ2v) is 9.58. The molecule has 1 heterocycles. The minimum Gasteiger partial charge on any atom is -0.497 e. The Hall–Kier alpha value is -1.90. The van der Waals surface area contributed by atoms with E-state index in [4.69, 9.17) is 4.74 Å². The van der Waals surface area contributed by atoms with Gasteiger partial charge in [-0.25, -0.2) is 8.42 Å². The van der Waals surface area contributed by atoms with Gasteiger partial charge >= 0.3 is 0 Å². The first kappa shape index (κ1) is 20.8. The Kier molecular flexibility index (Phi) is 6.74. The van der Waals surface area contributed by atoms with Crippen molar-refractivity contribution in [2.75, 3.05) is 20.2 Å². The van der Waals surface area contributed by atoms with E-state index in [9.17, 15) is 13.2 Å². The third-order valence-electron chi connectivity index (χ3n) is 4.79. The summed E-state index contributed by atoms with van der Waals surface area (Å²) in [4.78, 5) is 12.5. The van der Waals surface area contributed by atoms with Crippen molar-refractivity contribution in [3.8, 4) is 5.75 Å². The number of halogens is 1. The Morgan fingerprint density at radius 1 is 1.11 bits per heavy atom. The topological polar surface area (TPSA) is 75.7 Å². The number of hydrogen-bond donors (Lipinski definition) is 1. The van der Waals surface area contributed by atoms with E-state index in [-0.39, 0.29) is 16.8 Å². The number of nitrogens with one attached hydrogen (secondary N) is 1. The number of carbonyl (C=O) groups is 1. The molecule has 1 amide bonds. The van der Waals surface area contributed by atoms with E-state index in [1.807, 2.05) is 24.3 Å². The Bertz CT molecular complexity index is 906. The highest BCUT2D eigenvalue weighted by molar-refractivity contribution is 9.10. The van der Waals surface area contributed by atoms with Crippen LogP contribution in [0.3, 0.4) is 0 Å². The summed E-state index contributed by atoms with van der Waals surface area (Å²) in [5.74, 6) is 0.574. The van der Waals surface area contributed by atoms with Crippen molar-refractivity contribution >= 4 is 31.9 Å². The molecule has 2 aromatic carbocycles. The lowest BCUT2D eigenvalue weighted by Gasteiger charge is -2.31. The Balaban J connectivity index is 1.53. The van der Waals surface area contributed by atoms with E-state index in [1.54, 1.807) is 31.4 Å². The SMILES string of the molecule is COc1ccc(S(=O)(=O)N2CCC(NC(=O)Cc3ccc(Br)cc3)CC2)cc1. The van der Waals surface area contributed by atoms with Crippen LogP contribution in [-0.2, 0) is 21.2 Å². The fraction of sp³-hybridized carbons (Fsp3) is 0.350. The van der Waals surface area contributed by atoms with Gasteiger partial charge in [0.05, 0.1) is 18.4 Å². The number of amides is 1. The van der Waals surface area contributed by atoms with Crippen LogP contribution in [0.4, 0.5) is 0 Å². The first-order chi connectivity index (χ1) is 13.4. The molecule has 1 aliphatic heterocycles. The quantitative estimate of drug-likeness (QED) is 0.709. The third kappa shape index (κ3) is 5.12. The van der Waals surface area contributed by atoms with E-state index in [0.29, 0.717) is 38.1 Å². The minimum absolute atomic E-state index is 0.00901. The van der Waals surface area contributed by atoms with E-state index in [0.717, 1.165) is 10.0 Å². The van der Waals surface area contributed by atoms with Gasteiger partial charge < -0.3 is 10.1 Å². The molecule has 0 saturated carbocycles. The highest BCUT2D eigenvalue weighted by atomic mass is 79.9. The predicted molar refractivity (Wildman–Crippen MR) is 111 cm³/mol. The van der Waals surface area contributed by atoms with Gasteiger partial charge in [0.25, 0.3) is 0 Å². The van der Waals surface area contributed by atoms with Gasteiger partial charge in [0.1, 0.15) is 5.75 Å². The van der Waals surface area contributed by atoms with Crippen LogP contribution in [0.2, 0.25) is 0 Å². The summed E-state index contributed by atoms with van der Waals surface area (Å²) in [7, 11) is -1.99. The second-order valence-electron chi connectivity index (χ2n) is 6.72. The van der Waals surface area contributed by atoms with Crippen molar-refractivity contribution < 1.29 is 17.9 Å². The van der Waals surface area contributed by atoms with Gasteiger partial charge in [-0.1, -0.05) is 28.1 Å². The lowest BCUT2D eigenvalue weighted by molar-refractivity contribution is -0.121. The maximum absolute atomic E-state index is 12.8. The highest BCUT2D eigenvalue weighted by Gasteiger charge is 2.29. The summed E-state index contributed by atoms with van der Waals surface area (Å²) in [6.45, 7) is 0.773. The van der Waals surface area contributed by atoms with E-state index in [2.05, 4.69) is 21.2 Å². The Labute approximate surface area is 174 Å². The fourth-order valence-electron chi connectivity index (χ4n) is 3.20. The van der Waals surface area contributed by atoms with Crippen LogP contribution in [0.15, 0.2) is 57.9 Å². The summed E-state index contributed by atoms with van der Waals surface area (Å²) >= 11 is 3.38. The molecule has 0 radical (unpaired) electrons. The second kappa shape index (κ2) is 9.07. The molecule has 1 N–H and O–H groups in total. The summed E-state index contributed by atoms with van der Waals surface area (Å²) in [5.41, 5.74) is 0.945. The zero-order valence-electron chi connectivity index (χ0n) is 15.6. The number of hydrogen-bond acceptors (Lipinski definition) is 4. The van der Waals surface area contributed by atoms with Gasteiger partial charge in [-0.05, 0) is 54.8 Å². The summed E-state index contributed by atoms with van der Waals surface area (Å²) in [6, 6.07) is 14.0. The molecule has 6 nitrogen and oxygen atoms in total. The molecule has 1 fully saturated rings. The average molecular weight is 467 g/mol. The van der Waals surface area contributed by atoms with Gasteiger partial charge in [0, 0.05) is 23.6 Å². The molecule has 1 aliphatic rings. The standard InChI is InChI=1S/C20H23BrN2O4S/c1-27-18-6-8-19(9-7-18)28(25,26)23-12-10-17(11-13-23)22-20(24)14-15-2-4-16(21)5-3-15/h2-9,17H,10-14H2,1H3,(H,22,24). The van der Waals surface area contributed by atoms with Crippen LogP contribution < -0.4 is 10.1 Å². The molecule has 150 valence electrons. The molecular formula is C20H23BrN2O4S. The van der Waals surface area contributed by atoms with Gasteiger partial charge in [-0.3, -0.25) is 4.79 Å². The van der Waals surface area contributed by atoms with Crippen molar-refractivity contribution in [3.63, 3.8) is 0 Å². The van der Waals surface area contributed by atoms with Crippen LogP contribution >= 0.6 is 15.9 Å². The van der Waals surface area contributed by atoms with E-state index < -0.39 is 10.0 Å². The van der Waals surface area contributed by atoms with Crippen LogP contribution in [0.25, 0.3) is 0 Å². The molecular weight excluding hydrogens is 444 g/mol. The average Bonchev–Trinajstić information content (AvgIpc) is 2.70. The number of ether oxygens (including phenoxy) is 1. The van der Waals surface area contributed by atoms with Crippen LogP contribution in [-0.4, -0.2) is 44.9 Å². The molecule has 2 aromatic rings. The molecule has 0 spiro atoms. The molecule has 0 aromatic heterocycles. The van der Waals surface area contributed by atoms with Crippen molar-refractivity contribution in [2.24, 2.45) is 0 Å². The lowest BCUT2D eigenvalue weighted by Crippen LogP contribution is -2.46. The van der Waals surface area contributed by atoms with Gasteiger partial charge in [0.2, 0.25) is 15.9 Å². The summed E-state index contributed by atoms with van der Waals surface area (Å²) < 4.78 is 33.1. The summed E-state index contributed by atoms with van der Waals surface area (Å²) in [5, 5.41) is 3.02. The normalized spacial score (nSPS) is 15.9. The van der Waals surface area contributed by atoms with Gasteiger partial charge in [-0.15, -0.1) is 0 Å². The van der Waals surface area contributed by atoms with Gasteiger partial charge in [0.15, 0.2) is 0 Å². The molecule has 0 unspecified atom stereocenters. The molecule has 0 bridgehead atoms. The maximum atomic E-state index is 12.8. The molecule has 0 atom stereocenters. The number of nitrogens with zero attached hydrogens (tertiary/aromatic N) is 1. The highest BCUT2D eigenvalue weighted by Crippen LogP contribution is 2.23. The molecule has 8 heteroatoms. The minimum atomic E-state index is -3.53. The number of benzene rings is 2. The first-order valence-electron chi connectivity index (χ1n) is 9.06. The number of sulfonamides is 1. The van der Waals surface area contributed by atoms with Gasteiger partial charge in [-0.2, -0.15) is 4.31 Å². The largest absolute Gasteiger partial charge is 0.497 e. The van der Waals surface area contributed by atoms with Crippen molar-refractivity contribution in [1.29, 1.82) is 0 Å². The van der Waals surface area contributed by atoms with E-state index in [1.165, 1.54) is 4.31 Å². The molecule has 3 rings (SSSR count). The molecule has 28 heavy (non-hydrogen) atoms. The monoisotopic (exact) mass is 466 g/mol. The predicted octanol–water partition coefficient (Wildman–Crippen LogP) is 2.97. The number of rotatable bonds is 6. The van der Waals surface area contributed by atoms with Crippen LogP contribution in [0, 0.1) is 0 Å². The van der Waals surface area contributed by atoms with Crippen LogP contribution in [0.1, 0.15) is 18.4 Å². The number of carbonyl (C=O) groups excluding carboxylic acids is 1. The third-order valence-corrected chi connectivity index (χ3v) is 7.24. The Morgan fingerprint density at radius 2 is 1.71 bits per heavy atom. The lowest BCUT2D eigenvalue weighted by atomic mass is 10.1. The number of methoxy groups -OCH3 is 1. The first-order valence-corrected chi connectivity index (χ1v) is 11.3. The van der Waals surface area contributed by atoms with Crippen molar-refractivity contribution in [2.45, 2.75) is 30.2 Å². The zero-order chi connectivity index (χ0) is 20.1. The van der Waals surface area contributed by atoms with Crippen LogP contribution in [0.5, 0.6) is 5.75 Å². The molecule has 0 aliphatic carbocycles. The van der Waals surface area contributed by atoms with Crippen molar-refractivity contribution in [1.82, 2.24) is 9.62 Å². The molecule has 1 saturated heterocycles. The van der Waals surface area contributed by atoms with E-state index >= 15 is 0 Å². The maximum Gasteiger partial charge on any atom is 0.243 e. The fourth-order valence-corrected chi connectivity index (χ4v) is 4.94. The smallest absolute Gasteiger partial charge is 0.243 e.